The summed E-state index contributed by atoms with van der Waals surface area (Å²) in [6.45, 7) is 9.75. The largest absolute Gasteiger partial charge is 0.461 e. The van der Waals surface area contributed by atoms with Gasteiger partial charge in [0, 0.05) is 18.8 Å². The highest BCUT2D eigenvalue weighted by molar-refractivity contribution is 6.01. The molecule has 3 rings (SSSR count). The maximum Gasteiger partial charge on any atom is 0.412 e. The first-order valence-corrected chi connectivity index (χ1v) is 17.2. The van der Waals surface area contributed by atoms with Gasteiger partial charge in [0.05, 0.1) is 31.8 Å². The number of esters is 1. The topological polar surface area (TPSA) is 157 Å². The third-order valence-corrected chi connectivity index (χ3v) is 9.53. The number of hydrogen-bond acceptors (Lipinski definition) is 10. The number of aliphatic hydroxyl groups excluding tert-OH is 2. The Morgan fingerprint density at radius 2 is 1.22 bits per heavy atom. The van der Waals surface area contributed by atoms with E-state index in [9.17, 15) is 34.2 Å². The highest BCUT2D eigenvalue weighted by Gasteiger charge is 2.64. The Morgan fingerprint density at radius 1 is 0.760 bits per heavy atom. The summed E-state index contributed by atoms with van der Waals surface area (Å²) in [7, 11) is 0. The van der Waals surface area contributed by atoms with Crippen molar-refractivity contribution >= 4 is 29.4 Å². The van der Waals surface area contributed by atoms with Gasteiger partial charge >= 0.3 is 12.1 Å². The number of rotatable bonds is 17. The van der Waals surface area contributed by atoms with Crippen LogP contribution in [0.2, 0.25) is 0 Å². The molecule has 2 aromatic rings. The molecule has 0 aromatic heterocycles. The first kappa shape index (κ1) is 40.5. The van der Waals surface area contributed by atoms with Crippen molar-refractivity contribution in [1.29, 1.82) is 0 Å². The van der Waals surface area contributed by atoms with Crippen LogP contribution in [0.15, 0.2) is 60.7 Å². The number of amides is 1. The summed E-state index contributed by atoms with van der Waals surface area (Å²) in [6.07, 6.45) is -3.12. The third-order valence-electron chi connectivity index (χ3n) is 9.53. The van der Waals surface area contributed by atoms with Gasteiger partial charge in [-0.2, -0.15) is 0 Å². The number of Topliss-reactive ketones (excluding diaryl/α,β-unsaturated/α-hetero) is 3. The van der Waals surface area contributed by atoms with Gasteiger partial charge in [0.2, 0.25) is 0 Å². The van der Waals surface area contributed by atoms with Gasteiger partial charge in [0.1, 0.15) is 29.1 Å². The molecule has 1 aliphatic heterocycles. The van der Waals surface area contributed by atoms with E-state index in [4.69, 9.17) is 14.2 Å². The number of nitrogens with zero attached hydrogens (tertiary/aromatic N) is 1. The van der Waals surface area contributed by atoms with E-state index < -0.39 is 77.9 Å². The van der Waals surface area contributed by atoms with E-state index in [1.54, 1.807) is 65.8 Å². The minimum atomic E-state index is -2.04. The predicted molar refractivity (Wildman–Crippen MR) is 186 cm³/mol. The summed E-state index contributed by atoms with van der Waals surface area (Å²) in [5, 5.41) is 21.9. The smallest absolute Gasteiger partial charge is 0.412 e. The first-order chi connectivity index (χ1) is 23.5. The monoisotopic (exact) mass is 695 g/mol. The lowest BCUT2D eigenvalue weighted by Crippen LogP contribution is -2.67. The van der Waals surface area contributed by atoms with E-state index in [0.717, 1.165) is 16.0 Å². The summed E-state index contributed by atoms with van der Waals surface area (Å²) in [6, 6.07) is 18.3. The molecule has 50 heavy (non-hydrogen) atoms. The second kappa shape index (κ2) is 17.3. The zero-order chi connectivity index (χ0) is 37.3. The van der Waals surface area contributed by atoms with E-state index in [0.29, 0.717) is 0 Å². The van der Waals surface area contributed by atoms with Crippen molar-refractivity contribution in [2.45, 2.75) is 110 Å². The van der Waals surface area contributed by atoms with Crippen LogP contribution in [0.4, 0.5) is 4.79 Å². The number of carbonyl (C=O) groups excluding carboxylic acids is 5. The van der Waals surface area contributed by atoms with Gasteiger partial charge in [-0.15, -0.1) is 0 Å². The second-order valence-corrected chi connectivity index (χ2v) is 14.6. The summed E-state index contributed by atoms with van der Waals surface area (Å²) in [5.74, 6) is -4.37. The molecule has 1 amide bonds. The molecule has 5 atom stereocenters. The van der Waals surface area contributed by atoms with Crippen molar-refractivity contribution in [2.24, 2.45) is 17.8 Å². The molecule has 11 nitrogen and oxygen atoms in total. The lowest BCUT2D eigenvalue weighted by atomic mass is 9.81. The Bertz CT molecular complexity index is 1470. The van der Waals surface area contributed by atoms with Crippen LogP contribution in [0.1, 0.15) is 85.3 Å². The van der Waals surface area contributed by atoms with Gasteiger partial charge in [-0.1, -0.05) is 74.5 Å². The van der Waals surface area contributed by atoms with Crippen LogP contribution >= 0.6 is 0 Å². The highest BCUT2D eigenvalue weighted by Crippen LogP contribution is 2.46. The van der Waals surface area contributed by atoms with E-state index in [2.05, 4.69) is 0 Å². The molecular formula is C39H53NO10. The minimum Gasteiger partial charge on any atom is -0.461 e. The third kappa shape index (κ3) is 9.64. The van der Waals surface area contributed by atoms with Crippen molar-refractivity contribution in [3.63, 3.8) is 0 Å². The number of benzene rings is 2. The standard InChI is InChI=1S/C39H53NO10/c1-26(2)31(27(3)43)20-33(44)38(24-41)18-19-39(25-42,40(38)36(47)50-37(5,6)7)34(45)21-32(28(4)48-22-29-14-10-8-11-15-29)35(46)49-23-30-16-12-9-13-17-30/h8-17,26,28,31-32,41-42H,18-25H2,1-7H3/t28-,31+,32+,38?,39?/m1/s1. The minimum absolute atomic E-state index is 0.0553. The summed E-state index contributed by atoms with van der Waals surface area (Å²) >= 11 is 0. The molecule has 0 saturated carbocycles. The highest BCUT2D eigenvalue weighted by atomic mass is 16.6. The Morgan fingerprint density at radius 3 is 1.64 bits per heavy atom. The van der Waals surface area contributed by atoms with Crippen molar-refractivity contribution in [3.8, 4) is 0 Å². The number of carbonyl (C=O) groups is 5. The normalized spacial score (nSPS) is 21.0. The van der Waals surface area contributed by atoms with Gasteiger partial charge in [0.25, 0.3) is 0 Å². The number of ketones is 3. The average Bonchev–Trinajstić information content (AvgIpc) is 3.44. The molecule has 0 spiro atoms. The maximum absolute atomic E-state index is 14.6. The van der Waals surface area contributed by atoms with Crippen molar-refractivity contribution < 1.29 is 48.4 Å². The van der Waals surface area contributed by atoms with E-state index in [1.807, 2.05) is 36.4 Å². The van der Waals surface area contributed by atoms with Gasteiger partial charge in [-0.05, 0) is 64.5 Å². The zero-order valence-electron chi connectivity index (χ0n) is 30.3. The number of aliphatic hydroxyl groups is 2. The molecule has 0 aliphatic carbocycles. The van der Waals surface area contributed by atoms with Crippen LogP contribution in [0.5, 0.6) is 0 Å². The Hall–Kier alpha value is -3.93. The molecule has 1 saturated heterocycles. The van der Waals surface area contributed by atoms with Crippen LogP contribution in [0.3, 0.4) is 0 Å². The predicted octanol–water partition coefficient (Wildman–Crippen LogP) is 5.22. The quantitative estimate of drug-likeness (QED) is 0.210. The van der Waals surface area contributed by atoms with Crippen molar-refractivity contribution in [3.05, 3.63) is 71.8 Å². The van der Waals surface area contributed by atoms with Gasteiger partial charge in [0.15, 0.2) is 11.6 Å². The summed E-state index contributed by atoms with van der Waals surface area (Å²) < 4.78 is 17.4. The van der Waals surface area contributed by atoms with Gasteiger partial charge in [-0.3, -0.25) is 24.1 Å². The lowest BCUT2D eigenvalue weighted by Gasteiger charge is -2.45. The van der Waals surface area contributed by atoms with Crippen LogP contribution in [-0.2, 0) is 46.6 Å². The fraction of sp³-hybridized carbons (Fsp3) is 0.564. The summed E-state index contributed by atoms with van der Waals surface area (Å²) in [4.78, 5) is 69.9. The number of ether oxygens (including phenoxy) is 3. The Labute approximate surface area is 295 Å². The molecule has 274 valence electrons. The molecule has 1 heterocycles. The average molecular weight is 696 g/mol. The molecule has 2 unspecified atom stereocenters. The second-order valence-electron chi connectivity index (χ2n) is 14.6. The number of hydrogen-bond donors (Lipinski definition) is 2. The molecular weight excluding hydrogens is 642 g/mol. The van der Waals surface area contributed by atoms with Crippen LogP contribution in [0.25, 0.3) is 0 Å². The molecule has 1 aliphatic rings. The van der Waals surface area contributed by atoms with Crippen LogP contribution in [-0.4, -0.2) is 80.5 Å². The van der Waals surface area contributed by atoms with Gasteiger partial charge in [-0.25, -0.2) is 4.79 Å². The molecule has 2 aromatic carbocycles. The SMILES string of the molecule is CC(=O)[C@@H](CC(=O)C1(CO)CCC(CO)(C(=O)C[C@H](C(=O)OCc2ccccc2)[C@@H](C)OCc2ccccc2)N1C(=O)OC(C)(C)C)C(C)C. The van der Waals surface area contributed by atoms with E-state index >= 15 is 0 Å². The van der Waals surface area contributed by atoms with Crippen LogP contribution < -0.4 is 0 Å². The molecule has 11 heteroatoms. The van der Waals surface area contributed by atoms with Gasteiger partial charge < -0.3 is 24.4 Å². The first-order valence-electron chi connectivity index (χ1n) is 17.2. The zero-order valence-corrected chi connectivity index (χ0v) is 30.3. The molecule has 1 fully saturated rings. The molecule has 0 radical (unpaired) electrons. The number of likely N-dealkylation sites (tertiary alicyclic amines) is 1. The Balaban J connectivity index is 2.03. The maximum atomic E-state index is 14.6. The van der Waals surface area contributed by atoms with Crippen molar-refractivity contribution in [2.75, 3.05) is 13.2 Å². The van der Waals surface area contributed by atoms with E-state index in [1.165, 1.54) is 6.92 Å². The fourth-order valence-corrected chi connectivity index (χ4v) is 6.53. The van der Waals surface area contributed by atoms with Crippen LogP contribution in [0, 0.1) is 17.8 Å². The lowest BCUT2D eigenvalue weighted by molar-refractivity contribution is -0.160. The molecule has 0 bridgehead atoms. The molecule has 2 N–H and O–H groups in total. The Kier molecular flexibility index (Phi) is 14.0. The summed E-state index contributed by atoms with van der Waals surface area (Å²) in [5.41, 5.74) is -3.50. The van der Waals surface area contributed by atoms with Crippen molar-refractivity contribution in [1.82, 2.24) is 4.90 Å². The fourth-order valence-electron chi connectivity index (χ4n) is 6.53. The van der Waals surface area contributed by atoms with E-state index in [-0.39, 0.29) is 44.2 Å².